The molecule has 3 heteroatoms. The maximum absolute atomic E-state index is 10.7. The van der Waals surface area contributed by atoms with Crippen LogP contribution >= 0.6 is 0 Å². The van der Waals surface area contributed by atoms with Gasteiger partial charge in [0.1, 0.15) is 5.75 Å². The summed E-state index contributed by atoms with van der Waals surface area (Å²) in [5, 5.41) is 8.77. The van der Waals surface area contributed by atoms with E-state index in [1.165, 1.54) is 37.7 Å². The zero-order chi connectivity index (χ0) is 13.0. The molecular formula is C15H20O3. The quantitative estimate of drug-likeness (QED) is 0.638. The Labute approximate surface area is 108 Å². The Balaban J connectivity index is 2.30. The SMILES string of the molecule is CCc1c(OC(=O)O)cccc1C1CCCCC1. The lowest BCUT2D eigenvalue weighted by molar-refractivity contribution is 0.144. The van der Waals surface area contributed by atoms with E-state index in [1.807, 2.05) is 6.07 Å². The molecule has 1 N–H and O–H groups in total. The molecule has 0 saturated heterocycles. The van der Waals surface area contributed by atoms with Gasteiger partial charge in [0, 0.05) is 0 Å². The summed E-state index contributed by atoms with van der Waals surface area (Å²) in [6, 6.07) is 5.78. The molecule has 0 aromatic heterocycles. The van der Waals surface area contributed by atoms with Crippen LogP contribution < -0.4 is 4.74 Å². The second kappa shape index (κ2) is 5.89. The Morgan fingerprint density at radius 1 is 1.33 bits per heavy atom. The second-order valence-electron chi connectivity index (χ2n) is 4.88. The minimum Gasteiger partial charge on any atom is -0.449 e. The van der Waals surface area contributed by atoms with Crippen LogP contribution in [0.15, 0.2) is 18.2 Å². The Hall–Kier alpha value is -1.51. The smallest absolute Gasteiger partial charge is 0.449 e. The summed E-state index contributed by atoms with van der Waals surface area (Å²) in [6.07, 6.45) is 5.88. The maximum Gasteiger partial charge on any atom is 0.511 e. The van der Waals surface area contributed by atoms with E-state index >= 15 is 0 Å². The molecule has 1 aromatic carbocycles. The summed E-state index contributed by atoms with van der Waals surface area (Å²) >= 11 is 0. The molecule has 0 atom stereocenters. The van der Waals surface area contributed by atoms with Crippen LogP contribution in [-0.4, -0.2) is 11.3 Å². The molecule has 3 nitrogen and oxygen atoms in total. The third-order valence-electron chi connectivity index (χ3n) is 3.77. The molecule has 0 amide bonds. The molecule has 0 unspecified atom stereocenters. The third kappa shape index (κ3) is 2.84. The minimum absolute atomic E-state index is 0.507. The van der Waals surface area contributed by atoms with E-state index in [0.29, 0.717) is 11.7 Å². The van der Waals surface area contributed by atoms with Gasteiger partial charge >= 0.3 is 6.16 Å². The Morgan fingerprint density at radius 2 is 2.06 bits per heavy atom. The van der Waals surface area contributed by atoms with Gasteiger partial charge in [-0.2, -0.15) is 0 Å². The van der Waals surface area contributed by atoms with Gasteiger partial charge in [-0.05, 0) is 42.4 Å². The highest BCUT2D eigenvalue weighted by molar-refractivity contribution is 5.62. The van der Waals surface area contributed by atoms with Crippen molar-refractivity contribution in [1.82, 2.24) is 0 Å². The second-order valence-corrected chi connectivity index (χ2v) is 4.88. The first-order chi connectivity index (χ1) is 8.72. The van der Waals surface area contributed by atoms with Crippen LogP contribution in [0.1, 0.15) is 56.1 Å². The molecule has 1 aliphatic rings. The lowest BCUT2D eigenvalue weighted by atomic mass is 9.81. The predicted molar refractivity (Wildman–Crippen MR) is 70.3 cm³/mol. The van der Waals surface area contributed by atoms with Gasteiger partial charge in [-0.3, -0.25) is 0 Å². The molecule has 0 heterocycles. The van der Waals surface area contributed by atoms with E-state index in [2.05, 4.69) is 13.0 Å². The Morgan fingerprint density at radius 3 is 2.67 bits per heavy atom. The van der Waals surface area contributed by atoms with Crippen LogP contribution in [-0.2, 0) is 6.42 Å². The fourth-order valence-electron chi connectivity index (χ4n) is 2.95. The van der Waals surface area contributed by atoms with Crippen molar-refractivity contribution in [1.29, 1.82) is 0 Å². The largest absolute Gasteiger partial charge is 0.511 e. The van der Waals surface area contributed by atoms with Crippen molar-refractivity contribution in [3.05, 3.63) is 29.3 Å². The number of hydrogen-bond donors (Lipinski definition) is 1. The minimum atomic E-state index is -1.23. The van der Waals surface area contributed by atoms with Crippen LogP contribution in [0.5, 0.6) is 5.75 Å². The standard InChI is InChI=1S/C15H20O3/c1-2-12-13(11-7-4-3-5-8-11)9-6-10-14(12)18-15(16)17/h6,9-11H,2-5,7-8H2,1H3,(H,16,17). The third-order valence-corrected chi connectivity index (χ3v) is 3.77. The number of rotatable bonds is 3. The number of carboxylic acid groups (broad SMARTS) is 1. The van der Waals surface area contributed by atoms with Crippen molar-refractivity contribution >= 4 is 6.16 Å². The molecule has 2 rings (SSSR count). The topological polar surface area (TPSA) is 46.5 Å². The van der Waals surface area contributed by atoms with Gasteiger partial charge in [-0.25, -0.2) is 4.79 Å². The molecule has 0 bridgehead atoms. The van der Waals surface area contributed by atoms with Crippen LogP contribution in [0.3, 0.4) is 0 Å². The van der Waals surface area contributed by atoms with Crippen LogP contribution in [0.25, 0.3) is 0 Å². The van der Waals surface area contributed by atoms with Crippen molar-refractivity contribution < 1.29 is 14.6 Å². The zero-order valence-corrected chi connectivity index (χ0v) is 10.8. The molecule has 1 aliphatic carbocycles. The summed E-state index contributed by atoms with van der Waals surface area (Å²) in [5.74, 6) is 1.08. The van der Waals surface area contributed by atoms with E-state index in [9.17, 15) is 4.79 Å². The van der Waals surface area contributed by atoms with Crippen molar-refractivity contribution in [3.63, 3.8) is 0 Å². The van der Waals surface area contributed by atoms with E-state index < -0.39 is 6.16 Å². The van der Waals surface area contributed by atoms with Crippen molar-refractivity contribution in [2.75, 3.05) is 0 Å². The van der Waals surface area contributed by atoms with Crippen molar-refractivity contribution in [3.8, 4) is 5.75 Å². The number of hydrogen-bond acceptors (Lipinski definition) is 2. The lowest BCUT2D eigenvalue weighted by Crippen LogP contribution is -2.10. The molecule has 0 radical (unpaired) electrons. The first-order valence-electron chi connectivity index (χ1n) is 6.75. The highest BCUT2D eigenvalue weighted by Crippen LogP contribution is 2.37. The van der Waals surface area contributed by atoms with Crippen LogP contribution in [0, 0.1) is 0 Å². The summed E-state index contributed by atoms with van der Waals surface area (Å²) in [6.45, 7) is 2.05. The first kappa shape index (κ1) is 12.9. The zero-order valence-electron chi connectivity index (χ0n) is 10.8. The first-order valence-corrected chi connectivity index (χ1v) is 6.75. The van der Waals surface area contributed by atoms with Crippen LogP contribution in [0.4, 0.5) is 4.79 Å². The molecular weight excluding hydrogens is 228 g/mol. The van der Waals surface area contributed by atoms with Gasteiger partial charge in [0.25, 0.3) is 0 Å². The average molecular weight is 248 g/mol. The van der Waals surface area contributed by atoms with E-state index in [0.717, 1.165) is 12.0 Å². The van der Waals surface area contributed by atoms with Gasteiger partial charge in [0.05, 0.1) is 0 Å². The monoisotopic (exact) mass is 248 g/mol. The van der Waals surface area contributed by atoms with Gasteiger partial charge < -0.3 is 9.84 Å². The van der Waals surface area contributed by atoms with Gasteiger partial charge in [0.2, 0.25) is 0 Å². The maximum atomic E-state index is 10.7. The van der Waals surface area contributed by atoms with E-state index in [4.69, 9.17) is 9.84 Å². The van der Waals surface area contributed by atoms with E-state index in [-0.39, 0.29) is 0 Å². The van der Waals surface area contributed by atoms with Gasteiger partial charge in [-0.1, -0.05) is 38.3 Å². The molecule has 0 spiro atoms. The van der Waals surface area contributed by atoms with Gasteiger partial charge in [0.15, 0.2) is 0 Å². The number of carbonyl (C=O) groups is 1. The van der Waals surface area contributed by atoms with Gasteiger partial charge in [-0.15, -0.1) is 0 Å². The van der Waals surface area contributed by atoms with Crippen LogP contribution in [0.2, 0.25) is 0 Å². The molecule has 18 heavy (non-hydrogen) atoms. The molecule has 98 valence electrons. The van der Waals surface area contributed by atoms with E-state index in [1.54, 1.807) is 6.07 Å². The molecule has 1 fully saturated rings. The normalized spacial score (nSPS) is 16.5. The summed E-state index contributed by atoms with van der Waals surface area (Å²) in [7, 11) is 0. The molecule has 0 aliphatic heterocycles. The fourth-order valence-corrected chi connectivity index (χ4v) is 2.95. The van der Waals surface area contributed by atoms with Crippen molar-refractivity contribution in [2.45, 2.75) is 51.4 Å². The number of benzene rings is 1. The Bertz CT molecular complexity index is 420. The predicted octanol–water partition coefficient (Wildman–Crippen LogP) is 4.35. The highest BCUT2D eigenvalue weighted by atomic mass is 16.7. The molecule has 1 saturated carbocycles. The summed E-state index contributed by atoms with van der Waals surface area (Å²) in [4.78, 5) is 10.7. The fraction of sp³-hybridized carbons (Fsp3) is 0.533. The Kier molecular flexibility index (Phi) is 4.24. The number of ether oxygens (including phenoxy) is 1. The lowest BCUT2D eigenvalue weighted by Gasteiger charge is -2.25. The highest BCUT2D eigenvalue weighted by Gasteiger charge is 2.20. The molecule has 1 aromatic rings. The summed E-state index contributed by atoms with van der Waals surface area (Å²) < 4.78 is 4.88. The summed E-state index contributed by atoms with van der Waals surface area (Å²) in [5.41, 5.74) is 2.35. The van der Waals surface area contributed by atoms with Crippen molar-refractivity contribution in [2.24, 2.45) is 0 Å². The average Bonchev–Trinajstić information content (AvgIpc) is 2.39.